The molecule has 0 saturated heterocycles. The molecule has 0 spiro atoms. The van der Waals surface area contributed by atoms with Crippen molar-refractivity contribution in [2.45, 2.75) is 16.8 Å². The van der Waals surface area contributed by atoms with Crippen LogP contribution < -0.4 is 5.73 Å². The number of carbonyl (C=O) groups excluding carboxylic acids is 1. The number of anilines is 1. The van der Waals surface area contributed by atoms with E-state index in [2.05, 4.69) is 4.98 Å². The normalized spacial score (nSPS) is 10.3. The number of aromatic nitrogens is 1. The average molecular weight is 309 g/mol. The number of nitrogens with two attached hydrogens (primary N) is 1. The van der Waals surface area contributed by atoms with Gasteiger partial charge in [-0.25, -0.2) is 9.78 Å². The standard InChI is InChI=1S/C14H13ClN2O2S/c1-2-19-14(18)10-8-9(5-6-12(10)16)20-13-11(15)4-3-7-17-13/h3-8H,2,16H2,1H3. The van der Waals surface area contributed by atoms with Gasteiger partial charge in [-0.05, 0) is 37.3 Å². The minimum Gasteiger partial charge on any atom is -0.462 e. The number of rotatable bonds is 4. The van der Waals surface area contributed by atoms with Crippen LogP contribution in [0.3, 0.4) is 0 Å². The monoisotopic (exact) mass is 308 g/mol. The molecule has 0 bridgehead atoms. The average Bonchev–Trinajstić information content (AvgIpc) is 2.43. The number of hydrogen-bond donors (Lipinski definition) is 1. The fourth-order valence-electron chi connectivity index (χ4n) is 1.54. The number of nitrogens with zero attached hydrogens (tertiary/aromatic N) is 1. The Labute approximate surface area is 126 Å². The summed E-state index contributed by atoms with van der Waals surface area (Å²) in [6.07, 6.45) is 1.66. The molecule has 0 aliphatic heterocycles. The molecular weight excluding hydrogens is 296 g/mol. The van der Waals surface area contributed by atoms with Crippen LogP contribution in [-0.2, 0) is 4.74 Å². The molecule has 2 N–H and O–H groups in total. The van der Waals surface area contributed by atoms with Crippen molar-refractivity contribution in [3.05, 3.63) is 47.1 Å². The summed E-state index contributed by atoms with van der Waals surface area (Å²) in [5, 5.41) is 1.24. The lowest BCUT2D eigenvalue weighted by Gasteiger charge is -2.08. The zero-order chi connectivity index (χ0) is 14.5. The second-order valence-corrected chi connectivity index (χ2v) is 5.33. The first-order valence-electron chi connectivity index (χ1n) is 5.97. The largest absolute Gasteiger partial charge is 0.462 e. The van der Waals surface area contributed by atoms with E-state index in [-0.39, 0.29) is 0 Å². The Morgan fingerprint density at radius 1 is 1.45 bits per heavy atom. The summed E-state index contributed by atoms with van der Waals surface area (Å²) in [6, 6.07) is 8.70. The highest BCUT2D eigenvalue weighted by molar-refractivity contribution is 7.99. The van der Waals surface area contributed by atoms with Gasteiger partial charge in [0.15, 0.2) is 0 Å². The smallest absolute Gasteiger partial charge is 0.340 e. The van der Waals surface area contributed by atoms with Gasteiger partial charge in [0.05, 0.1) is 17.2 Å². The molecule has 0 unspecified atom stereocenters. The third kappa shape index (κ3) is 3.43. The van der Waals surface area contributed by atoms with Crippen molar-refractivity contribution in [3.63, 3.8) is 0 Å². The Morgan fingerprint density at radius 3 is 2.95 bits per heavy atom. The Kier molecular flexibility index (Phi) is 4.87. The Bertz CT molecular complexity index is 634. The molecule has 6 heteroatoms. The number of esters is 1. The molecule has 4 nitrogen and oxygen atoms in total. The minimum absolute atomic E-state index is 0.307. The van der Waals surface area contributed by atoms with E-state index in [1.165, 1.54) is 11.8 Å². The summed E-state index contributed by atoms with van der Waals surface area (Å²) < 4.78 is 4.97. The van der Waals surface area contributed by atoms with Gasteiger partial charge in [0.2, 0.25) is 0 Å². The van der Waals surface area contributed by atoms with E-state index in [1.54, 1.807) is 37.4 Å². The molecule has 20 heavy (non-hydrogen) atoms. The van der Waals surface area contributed by atoms with Crippen molar-refractivity contribution in [1.82, 2.24) is 4.98 Å². The molecule has 0 radical (unpaired) electrons. The van der Waals surface area contributed by atoms with Crippen molar-refractivity contribution in [2.24, 2.45) is 0 Å². The Balaban J connectivity index is 2.28. The van der Waals surface area contributed by atoms with Crippen LogP contribution in [0.2, 0.25) is 5.02 Å². The lowest BCUT2D eigenvalue weighted by molar-refractivity contribution is 0.0527. The molecule has 0 amide bonds. The van der Waals surface area contributed by atoms with Gasteiger partial charge in [0.1, 0.15) is 5.03 Å². The van der Waals surface area contributed by atoms with E-state index in [0.29, 0.717) is 27.9 Å². The van der Waals surface area contributed by atoms with Crippen LogP contribution in [0.1, 0.15) is 17.3 Å². The van der Waals surface area contributed by atoms with Crippen LogP contribution in [-0.4, -0.2) is 17.6 Å². The van der Waals surface area contributed by atoms with Crippen LogP contribution >= 0.6 is 23.4 Å². The van der Waals surface area contributed by atoms with Crippen molar-refractivity contribution < 1.29 is 9.53 Å². The molecular formula is C14H13ClN2O2S. The van der Waals surface area contributed by atoms with Gasteiger partial charge in [0.25, 0.3) is 0 Å². The third-order valence-corrected chi connectivity index (χ3v) is 3.88. The van der Waals surface area contributed by atoms with Gasteiger partial charge < -0.3 is 10.5 Å². The highest BCUT2D eigenvalue weighted by Gasteiger charge is 2.13. The first-order chi connectivity index (χ1) is 9.61. The summed E-state index contributed by atoms with van der Waals surface area (Å²) >= 11 is 7.42. The van der Waals surface area contributed by atoms with Gasteiger partial charge in [-0.2, -0.15) is 0 Å². The lowest BCUT2D eigenvalue weighted by Crippen LogP contribution is -2.08. The first-order valence-corrected chi connectivity index (χ1v) is 7.16. The number of benzene rings is 1. The summed E-state index contributed by atoms with van der Waals surface area (Å²) in [7, 11) is 0. The topological polar surface area (TPSA) is 65.2 Å². The fourth-order valence-corrected chi connectivity index (χ4v) is 2.59. The highest BCUT2D eigenvalue weighted by atomic mass is 35.5. The van der Waals surface area contributed by atoms with E-state index in [1.807, 2.05) is 6.07 Å². The number of halogens is 1. The van der Waals surface area contributed by atoms with Gasteiger partial charge in [-0.1, -0.05) is 23.4 Å². The predicted molar refractivity (Wildman–Crippen MR) is 80.2 cm³/mol. The molecule has 1 heterocycles. The number of hydrogen-bond acceptors (Lipinski definition) is 5. The highest BCUT2D eigenvalue weighted by Crippen LogP contribution is 2.32. The minimum atomic E-state index is -0.431. The maximum Gasteiger partial charge on any atom is 0.340 e. The Hall–Kier alpha value is -1.72. The zero-order valence-corrected chi connectivity index (χ0v) is 12.4. The van der Waals surface area contributed by atoms with Crippen LogP contribution in [0.25, 0.3) is 0 Å². The van der Waals surface area contributed by atoms with Crippen molar-refractivity contribution >= 4 is 35.0 Å². The molecule has 0 aliphatic carbocycles. The third-order valence-electron chi connectivity index (χ3n) is 2.46. The van der Waals surface area contributed by atoms with E-state index in [9.17, 15) is 4.79 Å². The van der Waals surface area contributed by atoms with Crippen LogP contribution in [0.5, 0.6) is 0 Å². The maximum absolute atomic E-state index is 11.8. The summed E-state index contributed by atoms with van der Waals surface area (Å²) in [5.41, 5.74) is 6.53. The van der Waals surface area contributed by atoms with Gasteiger partial charge in [0, 0.05) is 16.8 Å². The molecule has 2 aromatic rings. The SMILES string of the molecule is CCOC(=O)c1cc(Sc2ncccc2Cl)ccc1N. The molecule has 1 aromatic carbocycles. The van der Waals surface area contributed by atoms with Crippen LogP contribution in [0.4, 0.5) is 5.69 Å². The molecule has 0 fully saturated rings. The molecule has 2 rings (SSSR count). The van der Waals surface area contributed by atoms with Crippen molar-refractivity contribution in [2.75, 3.05) is 12.3 Å². The number of carbonyl (C=O) groups is 1. The first kappa shape index (κ1) is 14.7. The van der Waals surface area contributed by atoms with Crippen LogP contribution in [0, 0.1) is 0 Å². The van der Waals surface area contributed by atoms with Gasteiger partial charge in [-0.15, -0.1) is 0 Å². The molecule has 0 aliphatic rings. The quantitative estimate of drug-likeness (QED) is 0.690. The second-order valence-electron chi connectivity index (χ2n) is 3.86. The molecule has 104 valence electrons. The predicted octanol–water partition coefficient (Wildman–Crippen LogP) is 3.65. The summed E-state index contributed by atoms with van der Waals surface area (Å²) in [5.74, 6) is -0.431. The molecule has 0 saturated carbocycles. The Morgan fingerprint density at radius 2 is 2.25 bits per heavy atom. The van der Waals surface area contributed by atoms with Crippen molar-refractivity contribution in [3.8, 4) is 0 Å². The second kappa shape index (κ2) is 6.63. The number of nitrogen functional groups attached to an aromatic ring is 1. The zero-order valence-electron chi connectivity index (χ0n) is 10.8. The van der Waals surface area contributed by atoms with Gasteiger partial charge in [-0.3, -0.25) is 0 Å². The van der Waals surface area contributed by atoms with Crippen molar-refractivity contribution in [1.29, 1.82) is 0 Å². The number of pyridine rings is 1. The molecule has 1 aromatic heterocycles. The number of ether oxygens (including phenoxy) is 1. The van der Waals surface area contributed by atoms with E-state index in [0.717, 1.165) is 4.90 Å². The lowest BCUT2D eigenvalue weighted by atomic mass is 10.2. The summed E-state index contributed by atoms with van der Waals surface area (Å²) in [6.45, 7) is 2.06. The fraction of sp³-hybridized carbons (Fsp3) is 0.143. The molecule has 0 atom stereocenters. The summed E-state index contributed by atoms with van der Waals surface area (Å²) in [4.78, 5) is 16.8. The van der Waals surface area contributed by atoms with Gasteiger partial charge >= 0.3 is 5.97 Å². The van der Waals surface area contributed by atoms with E-state index >= 15 is 0 Å². The van der Waals surface area contributed by atoms with E-state index < -0.39 is 5.97 Å². The maximum atomic E-state index is 11.8. The van der Waals surface area contributed by atoms with E-state index in [4.69, 9.17) is 22.1 Å². The van der Waals surface area contributed by atoms with Crippen LogP contribution in [0.15, 0.2) is 46.5 Å².